The summed E-state index contributed by atoms with van der Waals surface area (Å²) in [5, 5.41) is 27.4. The maximum absolute atomic E-state index is 11.4. The van der Waals surface area contributed by atoms with E-state index in [1.54, 1.807) is 12.1 Å². The first-order chi connectivity index (χ1) is 17.5. The van der Waals surface area contributed by atoms with Gasteiger partial charge < -0.3 is 14.4 Å². The van der Waals surface area contributed by atoms with Crippen molar-refractivity contribution in [3.8, 4) is 11.5 Å². The molecule has 4 aromatic rings. The van der Waals surface area contributed by atoms with Crippen molar-refractivity contribution in [1.29, 1.82) is 0 Å². The molecule has 0 aliphatic heterocycles. The van der Waals surface area contributed by atoms with E-state index in [1.807, 2.05) is 0 Å². The Bertz CT molecular complexity index is 1780. The molecule has 0 aliphatic rings. The van der Waals surface area contributed by atoms with E-state index in [4.69, 9.17) is 4.74 Å². The molecule has 0 saturated carbocycles. The molecule has 0 fully saturated rings. The van der Waals surface area contributed by atoms with Crippen molar-refractivity contribution in [1.82, 2.24) is 0 Å². The smallest absolute Gasteiger partial charge is 0.294 e. The molecular formula is C23H19N4O8S2-. The van der Waals surface area contributed by atoms with Crippen LogP contribution in [0.15, 0.2) is 103 Å². The summed E-state index contributed by atoms with van der Waals surface area (Å²) >= 11 is 0. The van der Waals surface area contributed by atoms with Crippen molar-refractivity contribution in [3.63, 3.8) is 0 Å². The fraction of sp³-hybridized carbons (Fsp3) is 0.0435. The van der Waals surface area contributed by atoms with Crippen LogP contribution in [0.25, 0.3) is 10.8 Å². The molecule has 0 amide bonds. The van der Waals surface area contributed by atoms with Gasteiger partial charge in [0, 0.05) is 12.9 Å². The highest BCUT2D eigenvalue weighted by Crippen LogP contribution is 2.39. The normalized spacial score (nSPS) is 12.5. The van der Waals surface area contributed by atoms with E-state index in [1.165, 1.54) is 55.6 Å². The van der Waals surface area contributed by atoms with Crippen molar-refractivity contribution in [2.45, 2.75) is 9.79 Å². The molecule has 0 atom stereocenters. The number of aromatic hydroxyl groups is 1. The summed E-state index contributed by atoms with van der Waals surface area (Å²) in [5.41, 5.74) is 1.06. The maximum Gasteiger partial charge on any atom is 0.294 e. The van der Waals surface area contributed by atoms with Gasteiger partial charge in [-0.2, -0.15) is 18.6 Å². The van der Waals surface area contributed by atoms with Crippen LogP contribution in [0.1, 0.15) is 1.43 Å². The van der Waals surface area contributed by atoms with Gasteiger partial charge in [0.25, 0.3) is 10.1 Å². The van der Waals surface area contributed by atoms with Gasteiger partial charge in [-0.25, -0.2) is 8.42 Å². The molecule has 0 spiro atoms. The third-order valence-electron chi connectivity index (χ3n) is 5.07. The van der Waals surface area contributed by atoms with E-state index in [0.717, 1.165) is 12.1 Å². The molecule has 0 heterocycles. The summed E-state index contributed by atoms with van der Waals surface area (Å²) in [5.74, 6) is 0.0809. The van der Waals surface area contributed by atoms with Crippen LogP contribution in [0.4, 0.5) is 22.7 Å². The van der Waals surface area contributed by atoms with Crippen LogP contribution in [0.3, 0.4) is 0 Å². The average Bonchev–Trinajstić information content (AvgIpc) is 2.86. The van der Waals surface area contributed by atoms with E-state index in [0.29, 0.717) is 22.1 Å². The highest BCUT2D eigenvalue weighted by molar-refractivity contribution is 7.86. The molecule has 37 heavy (non-hydrogen) atoms. The van der Waals surface area contributed by atoms with Crippen LogP contribution in [-0.4, -0.2) is 38.2 Å². The lowest BCUT2D eigenvalue weighted by atomic mass is 10.1. The number of nitrogens with zero attached hydrogens (tertiary/aromatic N) is 4. The molecule has 4 rings (SSSR count). The van der Waals surface area contributed by atoms with E-state index >= 15 is 0 Å². The standard InChI is InChI=1S/C23H18N4O8S2.H2/c1-35-22-13-16(25-24-15-3-6-17(7-4-15)36(29,30)31)5-10-20(22)26-27-23-19-9-8-18(37(32,33)34)12-14(19)2-11-21(23)28;/h2-13,28H,1H3,(H,29,30,31)(H,32,33,34);1H/p-1. The van der Waals surface area contributed by atoms with E-state index in [9.17, 15) is 31.0 Å². The summed E-state index contributed by atoms with van der Waals surface area (Å²) in [6, 6.07) is 16.2. The molecular weight excluding hydrogens is 524 g/mol. The Kier molecular flexibility index (Phi) is 7.00. The number of phenols is 1. The number of rotatable bonds is 7. The van der Waals surface area contributed by atoms with Gasteiger partial charge in [0.05, 0.1) is 28.3 Å². The third kappa shape index (κ3) is 5.95. The fourth-order valence-electron chi connectivity index (χ4n) is 3.26. The number of hydrogen-bond acceptors (Lipinski definition) is 11. The number of benzene rings is 4. The second-order valence-corrected chi connectivity index (χ2v) is 10.3. The SMILES string of the molecule is COc1cc(N=Nc2ccc(S(=O)(=O)[O-])cc2)ccc1N=Nc1c(O)ccc2cc(S(=O)(=O)O)ccc12.[HH]. The largest absolute Gasteiger partial charge is 0.744 e. The Morgan fingerprint density at radius 1 is 0.784 bits per heavy atom. The number of azo groups is 2. The van der Waals surface area contributed by atoms with Gasteiger partial charge in [-0.3, -0.25) is 4.55 Å². The predicted molar refractivity (Wildman–Crippen MR) is 133 cm³/mol. The van der Waals surface area contributed by atoms with Crippen LogP contribution in [0.5, 0.6) is 11.5 Å². The molecule has 192 valence electrons. The summed E-state index contributed by atoms with van der Waals surface area (Å²) in [6.45, 7) is 0. The molecule has 0 aliphatic carbocycles. The Hall–Kier alpha value is -4.24. The monoisotopic (exact) mass is 543 g/mol. The van der Waals surface area contributed by atoms with Gasteiger partial charge in [-0.05, 0) is 60.0 Å². The lowest BCUT2D eigenvalue weighted by molar-refractivity contribution is 0.416. The lowest BCUT2D eigenvalue weighted by Gasteiger charge is -2.07. The Balaban J connectivity index is 0.00000400. The Morgan fingerprint density at radius 3 is 2.08 bits per heavy atom. The first-order valence-corrected chi connectivity index (χ1v) is 13.1. The Morgan fingerprint density at radius 2 is 1.43 bits per heavy atom. The van der Waals surface area contributed by atoms with Gasteiger partial charge in [-0.1, -0.05) is 12.1 Å². The molecule has 0 aromatic heterocycles. The predicted octanol–water partition coefficient (Wildman–Crippen LogP) is 5.78. The number of phenolic OH excluding ortho intramolecular Hbond substituents is 1. The first-order valence-electron chi connectivity index (χ1n) is 10.3. The quantitative estimate of drug-likeness (QED) is 0.216. The number of hydrogen-bond donors (Lipinski definition) is 2. The molecule has 12 nitrogen and oxygen atoms in total. The van der Waals surface area contributed by atoms with Gasteiger partial charge in [0.15, 0.2) is 0 Å². The topological polar surface area (TPSA) is 190 Å². The van der Waals surface area contributed by atoms with Crippen LogP contribution in [-0.2, 0) is 20.2 Å². The molecule has 0 unspecified atom stereocenters. The number of ether oxygens (including phenoxy) is 1. The van der Waals surface area contributed by atoms with Crippen LogP contribution < -0.4 is 4.74 Å². The van der Waals surface area contributed by atoms with Crippen LogP contribution >= 0.6 is 0 Å². The second kappa shape index (κ2) is 10.0. The van der Waals surface area contributed by atoms with Gasteiger partial charge in [-0.15, -0.1) is 10.2 Å². The van der Waals surface area contributed by atoms with Crippen LogP contribution in [0.2, 0.25) is 0 Å². The molecule has 0 radical (unpaired) electrons. The highest BCUT2D eigenvalue weighted by Gasteiger charge is 2.13. The zero-order valence-electron chi connectivity index (χ0n) is 18.9. The van der Waals surface area contributed by atoms with Crippen molar-refractivity contribution in [2.24, 2.45) is 20.5 Å². The van der Waals surface area contributed by atoms with Gasteiger partial charge >= 0.3 is 0 Å². The molecule has 0 saturated heterocycles. The van der Waals surface area contributed by atoms with Crippen molar-refractivity contribution < 1.29 is 37.2 Å². The first kappa shape index (κ1) is 25.8. The zero-order valence-corrected chi connectivity index (χ0v) is 20.5. The minimum atomic E-state index is -4.56. The third-order valence-corrected chi connectivity index (χ3v) is 6.77. The lowest BCUT2D eigenvalue weighted by Crippen LogP contribution is -1.97. The Labute approximate surface area is 212 Å². The minimum Gasteiger partial charge on any atom is -0.744 e. The minimum absolute atomic E-state index is 0. The second-order valence-electron chi connectivity index (χ2n) is 7.50. The maximum atomic E-state index is 11.4. The van der Waals surface area contributed by atoms with Gasteiger partial charge in [0.1, 0.15) is 33.0 Å². The summed E-state index contributed by atoms with van der Waals surface area (Å²) in [7, 11) is -7.55. The van der Waals surface area contributed by atoms with Crippen molar-refractivity contribution in [2.75, 3.05) is 7.11 Å². The molecule has 4 aromatic carbocycles. The van der Waals surface area contributed by atoms with Gasteiger partial charge in [0.2, 0.25) is 0 Å². The summed E-state index contributed by atoms with van der Waals surface area (Å²) in [4.78, 5) is -0.676. The summed E-state index contributed by atoms with van der Waals surface area (Å²) < 4.78 is 70.5. The average molecular weight is 544 g/mol. The van der Waals surface area contributed by atoms with Crippen molar-refractivity contribution >= 4 is 53.8 Å². The van der Waals surface area contributed by atoms with Crippen molar-refractivity contribution in [3.05, 3.63) is 72.8 Å². The number of fused-ring (bicyclic) bond motifs is 1. The fourth-order valence-corrected chi connectivity index (χ4v) is 4.24. The van der Waals surface area contributed by atoms with Crippen LogP contribution in [0, 0.1) is 0 Å². The molecule has 2 N–H and O–H groups in total. The highest BCUT2D eigenvalue weighted by atomic mass is 32.2. The summed E-state index contributed by atoms with van der Waals surface area (Å²) in [6.07, 6.45) is 0. The number of methoxy groups -OCH3 is 1. The van der Waals surface area contributed by atoms with E-state index in [-0.39, 0.29) is 34.1 Å². The zero-order chi connectivity index (χ0) is 26.8. The van der Waals surface area contributed by atoms with E-state index < -0.39 is 20.2 Å². The van der Waals surface area contributed by atoms with E-state index in [2.05, 4.69) is 20.5 Å². The molecule has 14 heteroatoms. The molecule has 0 bridgehead atoms.